The van der Waals surface area contributed by atoms with Crippen LogP contribution in [0, 0.1) is 17.8 Å². The molecule has 3 rings (SSSR count). The average molecular weight is 597 g/mol. The number of ether oxygens (including phenoxy) is 3. The van der Waals surface area contributed by atoms with Crippen molar-refractivity contribution in [2.75, 3.05) is 14.1 Å². The Labute approximate surface area is 250 Å². The first-order chi connectivity index (χ1) is 19.4. The summed E-state index contributed by atoms with van der Waals surface area (Å²) in [6.07, 6.45) is -1.66. The van der Waals surface area contributed by atoms with Crippen molar-refractivity contribution in [3.8, 4) is 0 Å². The van der Waals surface area contributed by atoms with Crippen molar-refractivity contribution < 1.29 is 44.8 Å². The number of aliphatic imine (C=N–C) groups is 1. The van der Waals surface area contributed by atoms with Crippen molar-refractivity contribution >= 4 is 17.5 Å². The monoisotopic (exact) mass is 596 g/mol. The summed E-state index contributed by atoms with van der Waals surface area (Å²) in [4.78, 5) is 19.9. The van der Waals surface area contributed by atoms with Gasteiger partial charge in [-0.15, -0.1) is 0 Å². The standard InChI is InChI=1S/C31H53N3O8/c1-10-22-30(6,38)15-20-11-12-23(32)33-24(20)16(2)14-31(7,39)27(18(4)25(35)19(5)28(37)41-22)42-29-26(36)21(34(8)9)13-17(3)40-29/h15-19,21-22,25-27,29,32,35-36,38-39H,10-14H2,1-9H3/p+1/t16-,17-,18+,19-,21+,22-,25+,26-,27-,29+,30+,31+/m1/s1. The van der Waals surface area contributed by atoms with Crippen molar-refractivity contribution in [3.63, 3.8) is 0 Å². The molecule has 1 saturated heterocycles. The summed E-state index contributed by atoms with van der Waals surface area (Å²) in [5, 5.41) is 52.4. The minimum absolute atomic E-state index is 0.159. The summed E-state index contributed by atoms with van der Waals surface area (Å²) in [6.45, 7) is 12.1. The molecule has 11 heteroatoms. The second-order valence-electron chi connectivity index (χ2n) is 13.4. The molecular weight excluding hydrogens is 542 g/mol. The Morgan fingerprint density at radius 3 is 2.36 bits per heavy atom. The van der Waals surface area contributed by atoms with Gasteiger partial charge < -0.3 is 39.5 Å². The number of likely N-dealkylation sites (N-methyl/N-ethyl adjacent to an activating group) is 1. The van der Waals surface area contributed by atoms with E-state index in [0.717, 1.165) is 5.57 Å². The van der Waals surface area contributed by atoms with Crippen molar-refractivity contribution in [1.82, 2.24) is 4.90 Å². The zero-order valence-corrected chi connectivity index (χ0v) is 26.8. The number of rotatable bonds is 4. The zero-order valence-electron chi connectivity index (χ0n) is 26.8. The molecule has 42 heavy (non-hydrogen) atoms. The number of amidine groups is 1. The summed E-state index contributed by atoms with van der Waals surface area (Å²) in [5.74, 6) is -2.32. The summed E-state index contributed by atoms with van der Waals surface area (Å²) in [5.41, 5.74) is -1.67. The second-order valence-corrected chi connectivity index (χ2v) is 13.4. The highest BCUT2D eigenvalue weighted by atomic mass is 16.7. The minimum Gasteiger partial charge on any atom is -0.459 e. The van der Waals surface area contributed by atoms with Crippen LogP contribution in [0.1, 0.15) is 80.6 Å². The van der Waals surface area contributed by atoms with Crippen molar-refractivity contribution in [2.24, 2.45) is 22.7 Å². The van der Waals surface area contributed by atoms with E-state index in [1.807, 2.05) is 39.8 Å². The molecule has 3 aliphatic rings. The van der Waals surface area contributed by atoms with Crippen LogP contribution in [0.2, 0.25) is 0 Å². The fourth-order valence-electron chi connectivity index (χ4n) is 6.80. The van der Waals surface area contributed by atoms with Gasteiger partial charge >= 0.3 is 5.97 Å². The average Bonchev–Trinajstić information content (AvgIpc) is 2.90. The number of aliphatic hydroxyl groups excluding tert-OH is 2. The Bertz CT molecular complexity index is 1040. The van der Waals surface area contributed by atoms with Crippen LogP contribution >= 0.6 is 0 Å². The molecule has 3 aliphatic heterocycles. The minimum atomic E-state index is -1.57. The molecule has 0 radical (unpaired) electrons. The third-order valence-electron chi connectivity index (χ3n) is 9.25. The van der Waals surface area contributed by atoms with Crippen LogP contribution in [0.5, 0.6) is 0 Å². The van der Waals surface area contributed by atoms with Crippen LogP contribution in [-0.2, 0) is 19.0 Å². The van der Waals surface area contributed by atoms with Gasteiger partial charge in [-0.25, -0.2) is 0 Å². The first-order valence-electron chi connectivity index (χ1n) is 15.3. The molecule has 0 aromatic rings. The highest BCUT2D eigenvalue weighted by Gasteiger charge is 2.49. The molecule has 1 fully saturated rings. The third-order valence-corrected chi connectivity index (χ3v) is 9.25. The Morgan fingerprint density at radius 1 is 1.12 bits per heavy atom. The van der Waals surface area contributed by atoms with E-state index in [1.54, 1.807) is 33.8 Å². The highest BCUT2D eigenvalue weighted by molar-refractivity contribution is 6.09. The van der Waals surface area contributed by atoms with E-state index in [2.05, 4.69) is 4.99 Å². The predicted molar refractivity (Wildman–Crippen MR) is 159 cm³/mol. The number of cyclic esters (lactones) is 1. The number of aliphatic hydroxyl groups is 4. The van der Waals surface area contributed by atoms with Gasteiger partial charge in [-0.2, -0.15) is 0 Å². The van der Waals surface area contributed by atoms with Crippen LogP contribution in [0.3, 0.4) is 0 Å². The molecule has 0 aromatic heterocycles. The largest absolute Gasteiger partial charge is 0.459 e. The number of esters is 1. The SMILES string of the molecule is CC[C@H]1OC(=O)[C@H](C)[C@@H](O)[C@H](C)[C@@H](O[C@@H]2O[C@H](C)C[C@H](N(C)C)[C@H]2O)[C@@](C)(O)C[C@@H](C)C2=NC(=[NH2+])CCC2=C[C@]1(C)O. The number of nitrogens with two attached hydrogens (primary N) is 1. The maximum absolute atomic E-state index is 13.3. The molecule has 240 valence electrons. The molecule has 0 saturated carbocycles. The smallest absolute Gasteiger partial charge is 0.311 e. The maximum Gasteiger partial charge on any atom is 0.311 e. The van der Waals surface area contributed by atoms with E-state index < -0.39 is 59.7 Å². The predicted octanol–water partition coefficient (Wildman–Crippen LogP) is 0.613. The first-order valence-corrected chi connectivity index (χ1v) is 15.3. The molecule has 0 aromatic carbocycles. The quantitative estimate of drug-likeness (QED) is 0.292. The molecule has 6 N–H and O–H groups in total. The zero-order chi connectivity index (χ0) is 31.7. The third kappa shape index (κ3) is 7.67. The molecule has 0 aliphatic carbocycles. The lowest BCUT2D eigenvalue weighted by molar-refractivity contribution is -0.298. The Morgan fingerprint density at radius 2 is 1.76 bits per heavy atom. The fourth-order valence-corrected chi connectivity index (χ4v) is 6.80. The summed E-state index contributed by atoms with van der Waals surface area (Å²) < 4.78 is 18.3. The van der Waals surface area contributed by atoms with Crippen LogP contribution in [0.15, 0.2) is 16.6 Å². The van der Waals surface area contributed by atoms with E-state index in [0.29, 0.717) is 37.2 Å². The van der Waals surface area contributed by atoms with Crippen LogP contribution < -0.4 is 5.41 Å². The van der Waals surface area contributed by atoms with E-state index in [1.165, 1.54) is 0 Å². The van der Waals surface area contributed by atoms with Crippen molar-refractivity contribution in [3.05, 3.63) is 11.6 Å². The lowest BCUT2D eigenvalue weighted by atomic mass is 9.75. The van der Waals surface area contributed by atoms with Gasteiger partial charge in [0.1, 0.15) is 17.8 Å². The lowest BCUT2D eigenvalue weighted by Crippen LogP contribution is -2.59. The number of nitrogens with zero attached hydrogens (tertiary/aromatic N) is 2. The second kappa shape index (κ2) is 13.5. The molecule has 12 atom stereocenters. The Balaban J connectivity index is 2.10. The van der Waals surface area contributed by atoms with Gasteiger partial charge in [-0.1, -0.05) is 25.8 Å². The molecule has 0 bridgehead atoms. The van der Waals surface area contributed by atoms with Crippen LogP contribution in [0.4, 0.5) is 0 Å². The van der Waals surface area contributed by atoms with Crippen LogP contribution in [-0.4, -0.2) is 111 Å². The van der Waals surface area contributed by atoms with E-state index in [-0.39, 0.29) is 24.5 Å². The molecule has 3 heterocycles. The first kappa shape index (κ1) is 34.8. The highest BCUT2D eigenvalue weighted by Crippen LogP contribution is 2.37. The van der Waals surface area contributed by atoms with E-state index in [9.17, 15) is 25.2 Å². The van der Waals surface area contributed by atoms with Gasteiger partial charge in [0.15, 0.2) is 12.0 Å². The van der Waals surface area contributed by atoms with Gasteiger partial charge in [-0.3, -0.25) is 10.2 Å². The summed E-state index contributed by atoms with van der Waals surface area (Å²) in [7, 11) is 3.75. The van der Waals surface area contributed by atoms with Gasteiger partial charge in [0.05, 0.1) is 36.3 Å². The van der Waals surface area contributed by atoms with Gasteiger partial charge in [-0.05, 0) is 79.1 Å². The topological polar surface area (TPSA) is 167 Å². The van der Waals surface area contributed by atoms with Gasteiger partial charge in [0, 0.05) is 17.9 Å². The number of hydrogen-bond acceptors (Lipinski definition) is 9. The molecule has 0 spiro atoms. The number of allylic oxidation sites excluding steroid dienone is 1. The normalized spacial score (nSPS) is 44.5. The fraction of sp³-hybridized carbons (Fsp3) is 0.839. The molecule has 0 unspecified atom stereocenters. The number of hydrogen-bond donors (Lipinski definition) is 5. The number of carbonyl (C=O) groups is 1. The molecular formula is C31H54N3O8+. The Kier molecular flexibility index (Phi) is 11.2. The maximum atomic E-state index is 13.3. The van der Waals surface area contributed by atoms with Gasteiger partial charge in [0.2, 0.25) is 0 Å². The number of carbonyl (C=O) groups excluding carboxylic acids is 1. The summed E-state index contributed by atoms with van der Waals surface area (Å²) >= 11 is 0. The van der Waals surface area contributed by atoms with Crippen LogP contribution in [0.25, 0.3) is 0 Å². The number of fused-ring (bicyclic) bond motifs is 1. The Hall–Kier alpha value is -1.73. The van der Waals surface area contributed by atoms with E-state index in [4.69, 9.17) is 19.6 Å². The lowest BCUT2D eigenvalue weighted by Gasteiger charge is -2.46. The molecule has 11 nitrogen and oxygen atoms in total. The summed E-state index contributed by atoms with van der Waals surface area (Å²) in [6, 6.07) is -0.239. The van der Waals surface area contributed by atoms with E-state index >= 15 is 0 Å². The molecule has 0 amide bonds. The van der Waals surface area contributed by atoms with Gasteiger partial charge in [0.25, 0.3) is 5.84 Å². The van der Waals surface area contributed by atoms with Crippen molar-refractivity contribution in [1.29, 1.82) is 0 Å². The van der Waals surface area contributed by atoms with Crippen molar-refractivity contribution in [2.45, 2.75) is 135 Å².